The van der Waals surface area contributed by atoms with E-state index in [1.165, 1.54) is 18.2 Å². The number of nitrogens with zero attached hydrogens (tertiary/aromatic N) is 2. The van der Waals surface area contributed by atoms with Crippen molar-refractivity contribution in [3.05, 3.63) is 64.4 Å². The molecule has 3 aromatic rings. The van der Waals surface area contributed by atoms with E-state index < -0.39 is 17.6 Å². The molecule has 0 spiro atoms. The lowest BCUT2D eigenvalue weighted by molar-refractivity contribution is -0.137. The van der Waals surface area contributed by atoms with Crippen LogP contribution in [-0.4, -0.2) is 21.2 Å². The topological polar surface area (TPSA) is 64.0 Å². The molecule has 1 heterocycles. The zero-order valence-electron chi connectivity index (χ0n) is 17.6. The lowest BCUT2D eigenvalue weighted by atomic mass is 10.1. The third-order valence-corrected chi connectivity index (χ3v) is 5.88. The molecule has 0 fully saturated rings. The van der Waals surface area contributed by atoms with Crippen LogP contribution in [0.25, 0.3) is 10.9 Å². The van der Waals surface area contributed by atoms with Gasteiger partial charge in [0.1, 0.15) is 0 Å². The minimum absolute atomic E-state index is 0.175. The van der Waals surface area contributed by atoms with E-state index in [-0.39, 0.29) is 17.0 Å². The maximum Gasteiger partial charge on any atom is 0.418 e. The summed E-state index contributed by atoms with van der Waals surface area (Å²) in [4.78, 5) is 29.9. The lowest BCUT2D eigenvalue weighted by Crippen LogP contribution is -2.24. The number of carbonyl (C=O) groups is 1. The van der Waals surface area contributed by atoms with Crippen molar-refractivity contribution in [1.29, 1.82) is 0 Å². The van der Waals surface area contributed by atoms with Crippen molar-refractivity contribution < 1.29 is 18.0 Å². The predicted octanol–water partition coefficient (Wildman–Crippen LogP) is 5.73. The molecule has 5 nitrogen and oxygen atoms in total. The minimum atomic E-state index is -4.57. The highest BCUT2D eigenvalue weighted by molar-refractivity contribution is 7.99. The lowest BCUT2D eigenvalue weighted by Gasteiger charge is -2.15. The van der Waals surface area contributed by atoms with Crippen molar-refractivity contribution in [1.82, 2.24) is 9.55 Å². The van der Waals surface area contributed by atoms with Crippen LogP contribution in [0, 0.1) is 0 Å². The van der Waals surface area contributed by atoms with E-state index in [0.29, 0.717) is 22.6 Å². The Kier molecular flexibility index (Phi) is 7.95. The molecular formula is C23H24F3N3O2S. The van der Waals surface area contributed by atoms with Crippen molar-refractivity contribution in [3.8, 4) is 0 Å². The molecule has 2 aromatic carbocycles. The smallest absolute Gasteiger partial charge is 0.325 e. The van der Waals surface area contributed by atoms with Crippen molar-refractivity contribution in [2.45, 2.75) is 50.5 Å². The highest BCUT2D eigenvalue weighted by atomic mass is 32.2. The van der Waals surface area contributed by atoms with Gasteiger partial charge >= 0.3 is 6.18 Å². The van der Waals surface area contributed by atoms with Crippen LogP contribution < -0.4 is 10.9 Å². The maximum atomic E-state index is 13.2. The number of carbonyl (C=O) groups excluding carboxylic acids is 1. The summed E-state index contributed by atoms with van der Waals surface area (Å²) in [6.45, 7) is 2.57. The first-order valence-corrected chi connectivity index (χ1v) is 11.4. The fraction of sp³-hybridized carbons (Fsp3) is 0.348. The van der Waals surface area contributed by atoms with Gasteiger partial charge in [-0.1, -0.05) is 62.2 Å². The predicted molar refractivity (Wildman–Crippen MR) is 121 cm³/mol. The number of aromatic nitrogens is 2. The molecule has 0 bridgehead atoms. The highest BCUT2D eigenvalue weighted by Gasteiger charge is 2.33. The Hall–Kier alpha value is -2.81. The molecule has 1 N–H and O–H groups in total. The zero-order chi connectivity index (χ0) is 23.1. The number of thioether (sulfide) groups is 1. The third kappa shape index (κ3) is 5.91. The Balaban J connectivity index is 1.79. The minimum Gasteiger partial charge on any atom is -0.325 e. The third-order valence-electron chi connectivity index (χ3n) is 4.90. The van der Waals surface area contributed by atoms with Gasteiger partial charge in [-0.2, -0.15) is 13.2 Å². The number of amides is 1. The molecular weight excluding hydrogens is 439 g/mol. The molecule has 0 saturated heterocycles. The Morgan fingerprint density at radius 2 is 1.78 bits per heavy atom. The second-order valence-corrected chi connectivity index (χ2v) is 8.25. The monoisotopic (exact) mass is 463 g/mol. The van der Waals surface area contributed by atoms with E-state index in [9.17, 15) is 22.8 Å². The highest BCUT2D eigenvalue weighted by Crippen LogP contribution is 2.34. The summed E-state index contributed by atoms with van der Waals surface area (Å²) in [5.41, 5.74) is -0.867. The first-order chi connectivity index (χ1) is 15.3. The van der Waals surface area contributed by atoms with Crippen LogP contribution in [0.4, 0.5) is 18.9 Å². The summed E-state index contributed by atoms with van der Waals surface area (Å²) in [7, 11) is 0. The molecule has 0 aliphatic heterocycles. The second kappa shape index (κ2) is 10.7. The maximum absolute atomic E-state index is 13.2. The van der Waals surface area contributed by atoms with Gasteiger partial charge in [-0.15, -0.1) is 0 Å². The molecule has 170 valence electrons. The molecule has 9 heteroatoms. The number of rotatable bonds is 9. The molecule has 0 saturated carbocycles. The van der Waals surface area contributed by atoms with Crippen molar-refractivity contribution >= 4 is 34.3 Å². The molecule has 0 aliphatic rings. The van der Waals surface area contributed by atoms with E-state index in [0.717, 1.165) is 43.5 Å². The first-order valence-electron chi connectivity index (χ1n) is 10.4. The number of fused-ring (bicyclic) bond motifs is 1. The number of alkyl halides is 3. The molecule has 0 unspecified atom stereocenters. The number of nitrogens with one attached hydrogen (secondary N) is 1. The Bertz CT molecular complexity index is 1150. The van der Waals surface area contributed by atoms with Crippen molar-refractivity contribution in [3.63, 3.8) is 0 Å². The van der Waals surface area contributed by atoms with Gasteiger partial charge in [0.15, 0.2) is 5.16 Å². The van der Waals surface area contributed by atoms with Crippen LogP contribution in [0.5, 0.6) is 0 Å². The van der Waals surface area contributed by atoms with Gasteiger partial charge < -0.3 is 5.32 Å². The van der Waals surface area contributed by atoms with Gasteiger partial charge in [0.25, 0.3) is 5.56 Å². The quantitative estimate of drug-likeness (QED) is 0.250. The number of para-hydroxylation sites is 2. The number of unbranched alkanes of at least 4 members (excludes halogenated alkanes) is 3. The summed E-state index contributed by atoms with van der Waals surface area (Å²) in [5.74, 6) is -0.780. The second-order valence-electron chi connectivity index (χ2n) is 7.31. The summed E-state index contributed by atoms with van der Waals surface area (Å²) >= 11 is 1.04. The Labute approximate surface area is 188 Å². The zero-order valence-corrected chi connectivity index (χ0v) is 18.4. The van der Waals surface area contributed by atoms with Crippen LogP contribution >= 0.6 is 11.8 Å². The van der Waals surface area contributed by atoms with E-state index in [4.69, 9.17) is 0 Å². The number of benzene rings is 2. The van der Waals surface area contributed by atoms with E-state index in [2.05, 4.69) is 17.2 Å². The van der Waals surface area contributed by atoms with Gasteiger partial charge in [0.2, 0.25) is 5.91 Å². The molecule has 0 radical (unpaired) electrons. The fourth-order valence-electron chi connectivity index (χ4n) is 3.31. The number of halogens is 3. The molecule has 3 rings (SSSR count). The molecule has 1 amide bonds. The van der Waals surface area contributed by atoms with Crippen LogP contribution in [0.15, 0.2) is 58.5 Å². The summed E-state index contributed by atoms with van der Waals surface area (Å²) in [5, 5.41) is 3.20. The van der Waals surface area contributed by atoms with Crippen LogP contribution in [0.2, 0.25) is 0 Å². The summed E-state index contributed by atoms with van der Waals surface area (Å²) in [6, 6.07) is 11.8. The van der Waals surface area contributed by atoms with Gasteiger partial charge in [0, 0.05) is 6.54 Å². The van der Waals surface area contributed by atoms with Gasteiger partial charge in [-0.25, -0.2) is 4.98 Å². The van der Waals surface area contributed by atoms with E-state index in [1.807, 2.05) is 0 Å². The fourth-order valence-corrected chi connectivity index (χ4v) is 4.13. The number of hydrogen-bond donors (Lipinski definition) is 1. The SMILES string of the molecule is CCCCCCn1c(SCC(=O)Nc2ccccc2C(F)(F)F)nc2ccccc2c1=O. The number of hydrogen-bond acceptors (Lipinski definition) is 4. The Morgan fingerprint density at radius 1 is 1.06 bits per heavy atom. The first kappa shape index (κ1) is 23.8. The van der Waals surface area contributed by atoms with E-state index in [1.54, 1.807) is 28.8 Å². The molecule has 32 heavy (non-hydrogen) atoms. The van der Waals surface area contributed by atoms with Crippen LogP contribution in [0.1, 0.15) is 38.2 Å². The van der Waals surface area contributed by atoms with Gasteiger partial charge in [-0.05, 0) is 30.7 Å². The molecule has 0 atom stereocenters. The molecule has 1 aromatic heterocycles. The standard InChI is InChI=1S/C23H24F3N3O2S/c1-2-3-4-9-14-29-21(31)16-10-5-7-12-18(16)28-22(29)32-15-20(30)27-19-13-8-6-11-17(19)23(24,25)26/h5-8,10-13H,2-4,9,14-15H2,1H3,(H,27,30). The number of anilines is 1. The van der Waals surface area contributed by atoms with Crippen molar-refractivity contribution in [2.75, 3.05) is 11.1 Å². The summed E-state index contributed by atoms with van der Waals surface area (Å²) in [6.07, 6.45) is -0.692. The van der Waals surface area contributed by atoms with Crippen LogP contribution in [-0.2, 0) is 17.5 Å². The van der Waals surface area contributed by atoms with Crippen LogP contribution in [0.3, 0.4) is 0 Å². The average molecular weight is 464 g/mol. The largest absolute Gasteiger partial charge is 0.418 e. The average Bonchev–Trinajstić information content (AvgIpc) is 2.76. The van der Waals surface area contributed by atoms with Gasteiger partial charge in [0.05, 0.1) is 27.9 Å². The van der Waals surface area contributed by atoms with Crippen molar-refractivity contribution in [2.24, 2.45) is 0 Å². The van der Waals surface area contributed by atoms with E-state index >= 15 is 0 Å². The summed E-state index contributed by atoms with van der Waals surface area (Å²) < 4.78 is 41.0. The van der Waals surface area contributed by atoms with Gasteiger partial charge in [-0.3, -0.25) is 14.2 Å². The molecule has 0 aliphatic carbocycles. The Morgan fingerprint density at radius 3 is 2.53 bits per heavy atom. The normalized spacial score (nSPS) is 11.6.